The van der Waals surface area contributed by atoms with Crippen LogP contribution < -0.4 is 11.1 Å². The van der Waals surface area contributed by atoms with Crippen LogP contribution in [0.2, 0.25) is 0 Å². The van der Waals surface area contributed by atoms with E-state index in [2.05, 4.69) is 28.5 Å². The molecular formula is C8H14N4S. The molecule has 72 valence electrons. The van der Waals surface area contributed by atoms with Crippen LogP contribution in [0.4, 0.5) is 5.13 Å². The van der Waals surface area contributed by atoms with Gasteiger partial charge in [-0.1, -0.05) is 13.8 Å². The van der Waals surface area contributed by atoms with Crippen LogP contribution in [-0.4, -0.2) is 21.4 Å². The van der Waals surface area contributed by atoms with Crippen molar-refractivity contribution in [3.63, 3.8) is 0 Å². The second-order valence-corrected chi connectivity index (χ2v) is 4.51. The first kappa shape index (κ1) is 8.90. The Hall–Kier alpha value is -0.680. The van der Waals surface area contributed by atoms with Gasteiger partial charge in [0.05, 0.1) is 0 Å². The molecule has 0 aliphatic heterocycles. The van der Waals surface area contributed by atoms with Gasteiger partial charge in [0.15, 0.2) is 0 Å². The molecule has 1 aromatic heterocycles. The van der Waals surface area contributed by atoms with Gasteiger partial charge in [-0.3, -0.25) is 0 Å². The molecule has 2 unspecified atom stereocenters. The molecule has 5 heteroatoms. The van der Waals surface area contributed by atoms with Gasteiger partial charge in [-0.2, -0.15) is 4.37 Å². The molecule has 2 atom stereocenters. The van der Waals surface area contributed by atoms with Gasteiger partial charge in [0.1, 0.15) is 5.82 Å². The Kier molecular flexibility index (Phi) is 2.21. The summed E-state index contributed by atoms with van der Waals surface area (Å²) in [5.41, 5.74) is 5.67. The van der Waals surface area contributed by atoms with E-state index in [1.165, 1.54) is 11.5 Å². The first-order chi connectivity index (χ1) is 6.16. The number of nitrogens with zero attached hydrogens (tertiary/aromatic N) is 2. The summed E-state index contributed by atoms with van der Waals surface area (Å²) in [6.07, 6.45) is 1.05. The lowest BCUT2D eigenvalue weighted by atomic mass is 10.2. The molecule has 0 spiro atoms. The number of anilines is 1. The fraction of sp³-hybridized carbons (Fsp3) is 0.750. The third-order valence-electron chi connectivity index (χ3n) is 2.11. The van der Waals surface area contributed by atoms with Crippen LogP contribution in [0.1, 0.15) is 32.0 Å². The van der Waals surface area contributed by atoms with Gasteiger partial charge < -0.3 is 11.1 Å². The lowest BCUT2D eigenvalue weighted by molar-refractivity contribution is 0.799. The van der Waals surface area contributed by atoms with Crippen molar-refractivity contribution in [2.75, 3.05) is 5.32 Å². The summed E-state index contributed by atoms with van der Waals surface area (Å²) in [4.78, 5) is 4.37. The summed E-state index contributed by atoms with van der Waals surface area (Å²) in [5.74, 6) is 1.32. The molecule has 1 aliphatic carbocycles. The topological polar surface area (TPSA) is 63.8 Å². The van der Waals surface area contributed by atoms with E-state index in [0.29, 0.717) is 18.0 Å². The van der Waals surface area contributed by atoms with Gasteiger partial charge in [-0.25, -0.2) is 4.98 Å². The maximum absolute atomic E-state index is 5.67. The maximum Gasteiger partial charge on any atom is 0.202 e. The minimum Gasteiger partial charge on any atom is -0.356 e. The van der Waals surface area contributed by atoms with Gasteiger partial charge >= 0.3 is 0 Å². The fourth-order valence-corrected chi connectivity index (χ4v) is 1.84. The van der Waals surface area contributed by atoms with Crippen molar-refractivity contribution in [2.45, 2.75) is 38.3 Å². The van der Waals surface area contributed by atoms with Crippen LogP contribution in [0.15, 0.2) is 0 Å². The number of nitrogens with one attached hydrogen (secondary N) is 1. The zero-order valence-corrected chi connectivity index (χ0v) is 8.64. The molecule has 1 heterocycles. The zero-order chi connectivity index (χ0) is 9.42. The molecule has 0 aromatic carbocycles. The Morgan fingerprint density at radius 3 is 2.77 bits per heavy atom. The van der Waals surface area contributed by atoms with E-state index in [4.69, 9.17) is 5.73 Å². The molecule has 0 radical (unpaired) electrons. The summed E-state index contributed by atoms with van der Waals surface area (Å²) < 4.78 is 4.25. The van der Waals surface area contributed by atoms with Gasteiger partial charge in [0.2, 0.25) is 5.13 Å². The van der Waals surface area contributed by atoms with E-state index in [1.54, 1.807) is 0 Å². The first-order valence-corrected chi connectivity index (χ1v) is 5.30. The predicted octanol–water partition coefficient (Wildman–Crippen LogP) is 1.17. The Labute approximate surface area is 81.7 Å². The van der Waals surface area contributed by atoms with Crippen LogP contribution >= 0.6 is 11.5 Å². The number of hydrogen-bond donors (Lipinski definition) is 2. The second-order valence-electron chi connectivity index (χ2n) is 3.76. The highest BCUT2D eigenvalue weighted by Crippen LogP contribution is 2.25. The minimum absolute atomic E-state index is 0.311. The smallest absolute Gasteiger partial charge is 0.202 e. The third-order valence-corrected chi connectivity index (χ3v) is 2.77. The predicted molar refractivity (Wildman–Crippen MR) is 54.0 cm³/mol. The standard InChI is InChI=1S/C8H14N4S/c1-4(2)7-11-8(13-12-7)10-6-3-5(6)9/h4-6H,3,9H2,1-2H3,(H,10,11,12). The quantitative estimate of drug-likeness (QED) is 0.765. The van der Waals surface area contributed by atoms with E-state index in [9.17, 15) is 0 Å². The van der Waals surface area contributed by atoms with E-state index in [1.807, 2.05) is 0 Å². The lowest BCUT2D eigenvalue weighted by Crippen LogP contribution is -2.12. The monoisotopic (exact) mass is 198 g/mol. The van der Waals surface area contributed by atoms with Crippen molar-refractivity contribution in [1.82, 2.24) is 9.36 Å². The highest BCUT2D eigenvalue weighted by molar-refractivity contribution is 7.09. The molecule has 1 fully saturated rings. The van der Waals surface area contributed by atoms with Crippen LogP contribution in [0.3, 0.4) is 0 Å². The highest BCUT2D eigenvalue weighted by Gasteiger charge is 2.34. The number of hydrogen-bond acceptors (Lipinski definition) is 5. The van der Waals surface area contributed by atoms with Gasteiger partial charge in [-0.15, -0.1) is 0 Å². The largest absolute Gasteiger partial charge is 0.356 e. The molecule has 0 bridgehead atoms. The summed E-state index contributed by atoms with van der Waals surface area (Å²) in [5, 5.41) is 4.17. The fourth-order valence-electron chi connectivity index (χ4n) is 1.07. The van der Waals surface area contributed by atoms with Crippen molar-refractivity contribution < 1.29 is 0 Å². The maximum atomic E-state index is 5.67. The van der Waals surface area contributed by atoms with Gasteiger partial charge in [0, 0.05) is 29.5 Å². The molecule has 2 rings (SSSR count). The van der Waals surface area contributed by atoms with E-state index in [-0.39, 0.29) is 0 Å². The normalized spacial score (nSPS) is 26.5. The molecule has 4 nitrogen and oxygen atoms in total. The van der Waals surface area contributed by atoms with Gasteiger partial charge in [-0.05, 0) is 6.42 Å². The van der Waals surface area contributed by atoms with Crippen LogP contribution in [0.25, 0.3) is 0 Å². The van der Waals surface area contributed by atoms with Crippen molar-refractivity contribution in [3.05, 3.63) is 5.82 Å². The van der Waals surface area contributed by atoms with Crippen molar-refractivity contribution in [1.29, 1.82) is 0 Å². The Bertz CT molecular complexity index is 296. The zero-order valence-electron chi connectivity index (χ0n) is 7.82. The highest BCUT2D eigenvalue weighted by atomic mass is 32.1. The SMILES string of the molecule is CC(C)c1nsc(NC2CC2N)n1. The van der Waals surface area contributed by atoms with Crippen molar-refractivity contribution in [3.8, 4) is 0 Å². The van der Waals surface area contributed by atoms with Crippen molar-refractivity contribution in [2.24, 2.45) is 5.73 Å². The summed E-state index contributed by atoms with van der Waals surface area (Å²) in [7, 11) is 0. The molecule has 1 aliphatic rings. The second kappa shape index (κ2) is 3.23. The number of nitrogens with two attached hydrogens (primary N) is 1. The Balaban J connectivity index is 1.97. The average Bonchev–Trinajstić information content (AvgIpc) is 2.61. The average molecular weight is 198 g/mol. The minimum atomic E-state index is 0.311. The Morgan fingerprint density at radius 1 is 1.62 bits per heavy atom. The van der Waals surface area contributed by atoms with Crippen molar-refractivity contribution >= 4 is 16.7 Å². The molecule has 1 aromatic rings. The van der Waals surface area contributed by atoms with E-state index < -0.39 is 0 Å². The molecule has 0 amide bonds. The van der Waals surface area contributed by atoms with Crippen LogP contribution in [0, 0.1) is 0 Å². The van der Waals surface area contributed by atoms with Crippen LogP contribution in [0.5, 0.6) is 0 Å². The summed E-state index contributed by atoms with van der Waals surface area (Å²) in [6, 6.07) is 0.736. The first-order valence-electron chi connectivity index (χ1n) is 4.52. The molecule has 13 heavy (non-hydrogen) atoms. The van der Waals surface area contributed by atoms with Crippen LogP contribution in [-0.2, 0) is 0 Å². The third kappa shape index (κ3) is 1.97. The Morgan fingerprint density at radius 2 is 2.31 bits per heavy atom. The molecule has 3 N–H and O–H groups in total. The van der Waals surface area contributed by atoms with E-state index >= 15 is 0 Å². The summed E-state index contributed by atoms with van der Waals surface area (Å²) >= 11 is 1.42. The number of rotatable bonds is 3. The number of aromatic nitrogens is 2. The lowest BCUT2D eigenvalue weighted by Gasteiger charge is -1.97. The molecular weight excluding hydrogens is 184 g/mol. The van der Waals surface area contributed by atoms with Gasteiger partial charge in [0.25, 0.3) is 0 Å². The molecule has 1 saturated carbocycles. The molecule has 0 saturated heterocycles. The summed E-state index contributed by atoms with van der Waals surface area (Å²) in [6.45, 7) is 4.18. The van der Waals surface area contributed by atoms with E-state index in [0.717, 1.165) is 17.4 Å².